The number of pyridine rings is 1. The summed E-state index contributed by atoms with van der Waals surface area (Å²) < 4.78 is 40.3. The summed E-state index contributed by atoms with van der Waals surface area (Å²) in [5.74, 6) is 0. The quantitative estimate of drug-likeness (QED) is 0.760. The van der Waals surface area contributed by atoms with Crippen LogP contribution in [0.15, 0.2) is 36.9 Å². The second-order valence-corrected chi connectivity index (χ2v) is 6.72. The first kappa shape index (κ1) is 17.9. The molecule has 4 rings (SSSR count). The summed E-state index contributed by atoms with van der Waals surface area (Å²) in [6.45, 7) is 2.33. The number of hydrogen-bond donors (Lipinski definition) is 1. The van der Waals surface area contributed by atoms with Crippen LogP contribution in [-0.2, 0) is 12.7 Å². The average Bonchev–Trinajstić information content (AvgIpc) is 3.06. The van der Waals surface area contributed by atoms with Gasteiger partial charge in [0.15, 0.2) is 5.65 Å². The van der Waals surface area contributed by atoms with Gasteiger partial charge in [0.2, 0.25) is 0 Å². The Bertz CT molecular complexity index is 948. The molecular formula is C18H18F3N5O. The fraction of sp³-hybridized carbons (Fsp3) is 0.389. The third kappa shape index (κ3) is 3.79. The number of aromatic nitrogens is 4. The Kier molecular flexibility index (Phi) is 4.56. The molecule has 4 heterocycles. The van der Waals surface area contributed by atoms with Crippen molar-refractivity contribution in [3.05, 3.63) is 48.2 Å². The van der Waals surface area contributed by atoms with Crippen LogP contribution in [0.4, 0.5) is 13.2 Å². The number of alkyl halides is 3. The fourth-order valence-corrected chi connectivity index (χ4v) is 3.29. The molecule has 6 nitrogen and oxygen atoms in total. The van der Waals surface area contributed by atoms with E-state index in [4.69, 9.17) is 0 Å². The molecular weight excluding hydrogens is 359 g/mol. The van der Waals surface area contributed by atoms with Gasteiger partial charge < -0.3 is 5.11 Å². The van der Waals surface area contributed by atoms with Crippen molar-refractivity contribution >= 4 is 5.65 Å². The summed E-state index contributed by atoms with van der Waals surface area (Å²) in [6, 6.07) is 2.52. The summed E-state index contributed by atoms with van der Waals surface area (Å²) in [7, 11) is 0. The zero-order valence-corrected chi connectivity index (χ0v) is 14.4. The maximum atomic E-state index is 12.9. The number of piperidine rings is 1. The summed E-state index contributed by atoms with van der Waals surface area (Å²) in [5.41, 5.74) is 1.41. The van der Waals surface area contributed by atoms with Gasteiger partial charge in [-0.05, 0) is 30.5 Å². The first-order valence-electron chi connectivity index (χ1n) is 8.66. The molecule has 142 valence electrons. The van der Waals surface area contributed by atoms with Crippen molar-refractivity contribution in [2.75, 3.05) is 13.1 Å². The summed E-state index contributed by atoms with van der Waals surface area (Å²) in [5, 5.41) is 13.8. The Morgan fingerprint density at radius 1 is 1.15 bits per heavy atom. The van der Waals surface area contributed by atoms with Gasteiger partial charge in [0, 0.05) is 49.4 Å². The topological polar surface area (TPSA) is 66.5 Å². The van der Waals surface area contributed by atoms with E-state index in [1.54, 1.807) is 10.7 Å². The predicted octanol–water partition coefficient (Wildman–Crippen LogP) is 2.77. The first-order valence-corrected chi connectivity index (χ1v) is 8.66. The van der Waals surface area contributed by atoms with Gasteiger partial charge in [0.05, 0.1) is 12.3 Å². The molecule has 0 radical (unpaired) electrons. The average molecular weight is 377 g/mol. The normalized spacial score (nSPS) is 16.9. The number of hydrogen-bond acceptors (Lipinski definition) is 5. The van der Waals surface area contributed by atoms with Gasteiger partial charge in [-0.15, -0.1) is 0 Å². The van der Waals surface area contributed by atoms with E-state index in [1.807, 2.05) is 6.20 Å². The third-order valence-electron chi connectivity index (χ3n) is 4.73. The minimum absolute atomic E-state index is 0.225. The number of halogens is 3. The Morgan fingerprint density at radius 2 is 1.93 bits per heavy atom. The van der Waals surface area contributed by atoms with Gasteiger partial charge in [-0.2, -0.15) is 18.3 Å². The zero-order chi connectivity index (χ0) is 19.0. The van der Waals surface area contributed by atoms with E-state index in [1.165, 1.54) is 12.3 Å². The molecule has 27 heavy (non-hydrogen) atoms. The van der Waals surface area contributed by atoms with Crippen LogP contribution in [0, 0.1) is 0 Å². The van der Waals surface area contributed by atoms with Gasteiger partial charge in [-0.1, -0.05) is 0 Å². The molecule has 0 aliphatic carbocycles. The van der Waals surface area contributed by atoms with Crippen molar-refractivity contribution in [3.63, 3.8) is 0 Å². The van der Waals surface area contributed by atoms with Crippen molar-refractivity contribution < 1.29 is 18.3 Å². The molecule has 1 fully saturated rings. The van der Waals surface area contributed by atoms with E-state index in [0.717, 1.165) is 43.8 Å². The molecule has 0 saturated carbocycles. The standard InChI is InChI=1S/C18H18F3N5O/c19-18(20,21)16-7-13(1-4-22-16)15-9-24-26-11-12(8-23-17(15)26)10-25-5-2-14(27)3-6-25/h1,4,7-9,11,14,27H,2-3,5-6,10H2. The zero-order valence-electron chi connectivity index (χ0n) is 14.4. The van der Waals surface area contributed by atoms with Gasteiger partial charge >= 0.3 is 6.18 Å². The van der Waals surface area contributed by atoms with E-state index in [9.17, 15) is 18.3 Å². The van der Waals surface area contributed by atoms with Crippen molar-refractivity contribution in [2.24, 2.45) is 0 Å². The Morgan fingerprint density at radius 3 is 2.67 bits per heavy atom. The molecule has 1 aliphatic rings. The number of nitrogens with zero attached hydrogens (tertiary/aromatic N) is 5. The van der Waals surface area contributed by atoms with Gasteiger partial charge in [-0.25, -0.2) is 9.50 Å². The lowest BCUT2D eigenvalue weighted by molar-refractivity contribution is -0.141. The number of aliphatic hydroxyl groups is 1. The van der Waals surface area contributed by atoms with Crippen LogP contribution in [0.5, 0.6) is 0 Å². The summed E-state index contributed by atoms with van der Waals surface area (Å²) in [6.07, 6.45) is 3.00. The predicted molar refractivity (Wildman–Crippen MR) is 91.7 cm³/mol. The highest BCUT2D eigenvalue weighted by molar-refractivity contribution is 5.76. The van der Waals surface area contributed by atoms with Crippen LogP contribution in [0.2, 0.25) is 0 Å². The van der Waals surface area contributed by atoms with Crippen LogP contribution in [-0.4, -0.2) is 48.8 Å². The third-order valence-corrected chi connectivity index (χ3v) is 4.73. The molecule has 0 amide bonds. The van der Waals surface area contributed by atoms with Crippen molar-refractivity contribution in [3.8, 4) is 11.1 Å². The molecule has 1 N–H and O–H groups in total. The Hall–Kier alpha value is -2.52. The maximum Gasteiger partial charge on any atom is 0.433 e. The molecule has 3 aromatic rings. The van der Waals surface area contributed by atoms with Crippen LogP contribution in [0.1, 0.15) is 24.1 Å². The van der Waals surface area contributed by atoms with E-state index >= 15 is 0 Å². The number of fused-ring (bicyclic) bond motifs is 1. The number of aliphatic hydroxyl groups excluding tert-OH is 1. The molecule has 9 heteroatoms. The van der Waals surface area contributed by atoms with E-state index in [-0.39, 0.29) is 6.10 Å². The fourth-order valence-electron chi connectivity index (χ4n) is 3.29. The minimum atomic E-state index is -4.50. The summed E-state index contributed by atoms with van der Waals surface area (Å²) >= 11 is 0. The maximum absolute atomic E-state index is 12.9. The summed E-state index contributed by atoms with van der Waals surface area (Å²) in [4.78, 5) is 10.0. The lowest BCUT2D eigenvalue weighted by Gasteiger charge is -2.29. The molecule has 0 bridgehead atoms. The van der Waals surface area contributed by atoms with Crippen molar-refractivity contribution in [2.45, 2.75) is 31.7 Å². The Balaban J connectivity index is 1.60. The molecule has 1 saturated heterocycles. The molecule has 3 aromatic heterocycles. The minimum Gasteiger partial charge on any atom is -0.393 e. The van der Waals surface area contributed by atoms with Gasteiger partial charge in [-0.3, -0.25) is 9.88 Å². The number of rotatable bonds is 3. The monoisotopic (exact) mass is 377 g/mol. The van der Waals surface area contributed by atoms with Crippen molar-refractivity contribution in [1.82, 2.24) is 24.5 Å². The second-order valence-electron chi connectivity index (χ2n) is 6.72. The van der Waals surface area contributed by atoms with E-state index in [2.05, 4.69) is 20.0 Å². The second kappa shape index (κ2) is 6.90. The molecule has 1 aliphatic heterocycles. The lowest BCUT2D eigenvalue weighted by atomic mass is 10.1. The SMILES string of the molecule is OC1CCN(Cc2cnc3c(-c4ccnc(C(F)(F)F)c4)cnn3c2)CC1. The van der Waals surface area contributed by atoms with Gasteiger partial charge in [0.1, 0.15) is 5.69 Å². The highest BCUT2D eigenvalue weighted by Crippen LogP contribution is 2.31. The largest absolute Gasteiger partial charge is 0.433 e. The molecule has 0 aromatic carbocycles. The lowest BCUT2D eigenvalue weighted by Crippen LogP contribution is -2.35. The molecule has 0 unspecified atom stereocenters. The molecule has 0 spiro atoms. The van der Waals surface area contributed by atoms with Gasteiger partial charge in [0.25, 0.3) is 0 Å². The number of likely N-dealkylation sites (tertiary alicyclic amines) is 1. The van der Waals surface area contributed by atoms with Crippen LogP contribution in [0.25, 0.3) is 16.8 Å². The Labute approximate surface area is 153 Å². The highest BCUT2D eigenvalue weighted by Gasteiger charge is 2.32. The van der Waals surface area contributed by atoms with E-state index in [0.29, 0.717) is 23.3 Å². The van der Waals surface area contributed by atoms with Crippen LogP contribution >= 0.6 is 0 Å². The smallest absolute Gasteiger partial charge is 0.393 e. The molecule has 0 atom stereocenters. The van der Waals surface area contributed by atoms with Crippen LogP contribution < -0.4 is 0 Å². The first-order chi connectivity index (χ1) is 12.9. The van der Waals surface area contributed by atoms with E-state index < -0.39 is 11.9 Å². The van der Waals surface area contributed by atoms with Crippen molar-refractivity contribution in [1.29, 1.82) is 0 Å². The van der Waals surface area contributed by atoms with Crippen LogP contribution in [0.3, 0.4) is 0 Å². The highest BCUT2D eigenvalue weighted by atomic mass is 19.4.